The van der Waals surface area contributed by atoms with E-state index in [1.54, 1.807) is 18.3 Å². The van der Waals surface area contributed by atoms with Gasteiger partial charge in [0.05, 0.1) is 0 Å². The molecule has 0 aliphatic rings. The number of aromatic hydroxyl groups is 1. The van der Waals surface area contributed by atoms with Crippen LogP contribution in [0.5, 0.6) is 5.75 Å². The number of hydrogen-bond donors (Lipinski definition) is 2. The Morgan fingerprint density at radius 1 is 1.05 bits per heavy atom. The van der Waals surface area contributed by atoms with Gasteiger partial charge in [0.2, 0.25) is 0 Å². The Labute approximate surface area is 117 Å². The fourth-order valence-corrected chi connectivity index (χ4v) is 2.19. The molecule has 0 aliphatic heterocycles. The molecule has 0 spiro atoms. The van der Waals surface area contributed by atoms with E-state index in [0.29, 0.717) is 6.54 Å². The quantitative estimate of drug-likeness (QED) is 0.755. The SMILES string of the molecule is Cc1ccc(CNc2nccc3ccc(O)cc23)cc1. The van der Waals surface area contributed by atoms with Crippen LogP contribution in [0.15, 0.2) is 54.7 Å². The third-order valence-electron chi connectivity index (χ3n) is 3.33. The molecule has 2 N–H and O–H groups in total. The zero-order valence-electron chi connectivity index (χ0n) is 11.3. The number of phenolic OH excluding ortho intramolecular Hbond substituents is 1. The van der Waals surface area contributed by atoms with Crippen molar-refractivity contribution in [2.45, 2.75) is 13.5 Å². The number of fused-ring (bicyclic) bond motifs is 1. The summed E-state index contributed by atoms with van der Waals surface area (Å²) in [5.74, 6) is 1.04. The highest BCUT2D eigenvalue weighted by Crippen LogP contribution is 2.25. The topological polar surface area (TPSA) is 45.2 Å². The molecule has 1 heterocycles. The highest BCUT2D eigenvalue weighted by atomic mass is 16.3. The zero-order chi connectivity index (χ0) is 13.9. The van der Waals surface area contributed by atoms with E-state index < -0.39 is 0 Å². The molecule has 0 atom stereocenters. The fraction of sp³-hybridized carbons (Fsp3) is 0.118. The van der Waals surface area contributed by atoms with Crippen molar-refractivity contribution >= 4 is 16.6 Å². The first-order valence-corrected chi connectivity index (χ1v) is 6.59. The van der Waals surface area contributed by atoms with Crippen molar-refractivity contribution in [3.8, 4) is 5.75 Å². The van der Waals surface area contributed by atoms with E-state index in [0.717, 1.165) is 16.6 Å². The summed E-state index contributed by atoms with van der Waals surface area (Å²) in [6.45, 7) is 2.79. The molecule has 1 aromatic heterocycles. The maximum absolute atomic E-state index is 9.61. The lowest BCUT2D eigenvalue weighted by molar-refractivity contribution is 0.476. The molecule has 0 saturated heterocycles. The van der Waals surface area contributed by atoms with Gasteiger partial charge in [-0.15, -0.1) is 0 Å². The van der Waals surface area contributed by atoms with Crippen LogP contribution in [0.25, 0.3) is 10.8 Å². The normalized spacial score (nSPS) is 10.7. The van der Waals surface area contributed by atoms with Gasteiger partial charge in [-0.25, -0.2) is 4.98 Å². The average molecular weight is 264 g/mol. The maximum atomic E-state index is 9.61. The Kier molecular flexibility index (Phi) is 3.25. The molecular weight excluding hydrogens is 248 g/mol. The molecule has 0 saturated carbocycles. The Hall–Kier alpha value is -2.55. The summed E-state index contributed by atoms with van der Waals surface area (Å²) in [7, 11) is 0. The van der Waals surface area contributed by atoms with Crippen molar-refractivity contribution in [2.24, 2.45) is 0 Å². The second kappa shape index (κ2) is 5.21. The third-order valence-corrected chi connectivity index (χ3v) is 3.33. The van der Waals surface area contributed by atoms with Crippen LogP contribution in [-0.2, 0) is 6.54 Å². The van der Waals surface area contributed by atoms with Gasteiger partial charge < -0.3 is 10.4 Å². The van der Waals surface area contributed by atoms with Gasteiger partial charge in [0.15, 0.2) is 0 Å². The molecule has 20 heavy (non-hydrogen) atoms. The Bertz CT molecular complexity index is 736. The molecule has 0 aliphatic carbocycles. The second-order valence-electron chi connectivity index (χ2n) is 4.90. The number of rotatable bonds is 3. The first-order valence-electron chi connectivity index (χ1n) is 6.59. The smallest absolute Gasteiger partial charge is 0.134 e. The van der Waals surface area contributed by atoms with Gasteiger partial charge in [0.1, 0.15) is 11.6 Å². The van der Waals surface area contributed by atoms with E-state index in [9.17, 15) is 5.11 Å². The van der Waals surface area contributed by atoms with Crippen LogP contribution >= 0.6 is 0 Å². The lowest BCUT2D eigenvalue weighted by Crippen LogP contribution is -2.01. The Morgan fingerprint density at radius 2 is 1.85 bits per heavy atom. The molecular formula is C17H16N2O. The molecule has 2 aromatic carbocycles. The number of phenols is 1. The minimum atomic E-state index is 0.254. The van der Waals surface area contributed by atoms with Crippen molar-refractivity contribution < 1.29 is 5.11 Å². The number of nitrogens with one attached hydrogen (secondary N) is 1. The predicted molar refractivity (Wildman–Crippen MR) is 81.9 cm³/mol. The van der Waals surface area contributed by atoms with E-state index in [2.05, 4.69) is 41.5 Å². The number of benzene rings is 2. The molecule has 3 nitrogen and oxygen atoms in total. The molecule has 0 bridgehead atoms. The van der Waals surface area contributed by atoms with Crippen LogP contribution in [-0.4, -0.2) is 10.1 Å². The first kappa shape index (κ1) is 12.5. The molecule has 100 valence electrons. The van der Waals surface area contributed by atoms with Gasteiger partial charge in [-0.2, -0.15) is 0 Å². The molecule has 0 fully saturated rings. The highest BCUT2D eigenvalue weighted by molar-refractivity contribution is 5.92. The fourth-order valence-electron chi connectivity index (χ4n) is 2.19. The van der Waals surface area contributed by atoms with Gasteiger partial charge in [-0.3, -0.25) is 0 Å². The Balaban J connectivity index is 1.87. The summed E-state index contributed by atoms with van der Waals surface area (Å²) < 4.78 is 0. The van der Waals surface area contributed by atoms with Crippen molar-refractivity contribution in [1.82, 2.24) is 4.98 Å². The summed E-state index contributed by atoms with van der Waals surface area (Å²) in [5, 5.41) is 14.9. The molecule has 0 unspecified atom stereocenters. The van der Waals surface area contributed by atoms with Crippen LogP contribution in [0.1, 0.15) is 11.1 Å². The van der Waals surface area contributed by atoms with Crippen LogP contribution in [0.3, 0.4) is 0 Å². The lowest BCUT2D eigenvalue weighted by atomic mass is 10.1. The zero-order valence-corrected chi connectivity index (χ0v) is 11.3. The van der Waals surface area contributed by atoms with Crippen molar-refractivity contribution in [3.63, 3.8) is 0 Å². The standard InChI is InChI=1S/C17H16N2O/c1-12-2-4-13(5-3-12)11-19-17-16-10-15(20)7-6-14(16)8-9-18-17/h2-10,20H,11H2,1H3,(H,18,19). The summed E-state index contributed by atoms with van der Waals surface area (Å²) in [6.07, 6.45) is 1.77. The highest BCUT2D eigenvalue weighted by Gasteiger charge is 2.03. The molecule has 3 rings (SSSR count). The van der Waals surface area contributed by atoms with Gasteiger partial charge in [0, 0.05) is 18.1 Å². The van der Waals surface area contributed by atoms with Crippen molar-refractivity contribution in [1.29, 1.82) is 0 Å². The summed E-state index contributed by atoms with van der Waals surface area (Å²) in [6, 6.07) is 15.6. The van der Waals surface area contributed by atoms with Crippen LogP contribution in [0, 0.1) is 6.92 Å². The van der Waals surface area contributed by atoms with Crippen LogP contribution in [0.2, 0.25) is 0 Å². The van der Waals surface area contributed by atoms with Gasteiger partial charge in [-0.05, 0) is 36.1 Å². The van der Waals surface area contributed by atoms with E-state index in [4.69, 9.17) is 0 Å². The molecule has 3 heteroatoms. The number of anilines is 1. The number of aryl methyl sites for hydroxylation is 1. The maximum Gasteiger partial charge on any atom is 0.134 e. The van der Waals surface area contributed by atoms with E-state index in [1.807, 2.05) is 12.1 Å². The van der Waals surface area contributed by atoms with Crippen molar-refractivity contribution in [2.75, 3.05) is 5.32 Å². The Morgan fingerprint density at radius 3 is 2.65 bits per heavy atom. The van der Waals surface area contributed by atoms with Gasteiger partial charge >= 0.3 is 0 Å². The number of aromatic nitrogens is 1. The largest absolute Gasteiger partial charge is 0.508 e. The van der Waals surface area contributed by atoms with E-state index >= 15 is 0 Å². The van der Waals surface area contributed by atoms with Gasteiger partial charge in [0.25, 0.3) is 0 Å². The van der Waals surface area contributed by atoms with Crippen molar-refractivity contribution in [3.05, 3.63) is 65.9 Å². The monoisotopic (exact) mass is 264 g/mol. The molecule has 0 amide bonds. The summed E-state index contributed by atoms with van der Waals surface area (Å²) in [4.78, 5) is 4.36. The van der Waals surface area contributed by atoms with Crippen LogP contribution < -0.4 is 5.32 Å². The lowest BCUT2D eigenvalue weighted by Gasteiger charge is -2.09. The minimum Gasteiger partial charge on any atom is -0.508 e. The number of hydrogen-bond acceptors (Lipinski definition) is 3. The first-order chi connectivity index (χ1) is 9.72. The predicted octanol–water partition coefficient (Wildman–Crippen LogP) is 3.86. The third kappa shape index (κ3) is 2.57. The van der Waals surface area contributed by atoms with E-state index in [1.165, 1.54) is 11.1 Å². The number of nitrogens with zero attached hydrogens (tertiary/aromatic N) is 1. The minimum absolute atomic E-state index is 0.254. The molecule has 3 aromatic rings. The second-order valence-corrected chi connectivity index (χ2v) is 4.90. The summed E-state index contributed by atoms with van der Waals surface area (Å²) >= 11 is 0. The van der Waals surface area contributed by atoms with Crippen LogP contribution in [0.4, 0.5) is 5.82 Å². The summed E-state index contributed by atoms with van der Waals surface area (Å²) in [5.41, 5.74) is 2.46. The molecule has 0 radical (unpaired) electrons. The number of pyridine rings is 1. The van der Waals surface area contributed by atoms with E-state index in [-0.39, 0.29) is 5.75 Å². The van der Waals surface area contributed by atoms with Gasteiger partial charge in [-0.1, -0.05) is 35.9 Å². The average Bonchev–Trinajstić information content (AvgIpc) is 2.47.